The summed E-state index contributed by atoms with van der Waals surface area (Å²) >= 11 is 0. The highest BCUT2D eigenvalue weighted by atomic mass is 16.3. The van der Waals surface area contributed by atoms with Crippen molar-refractivity contribution in [3.63, 3.8) is 0 Å². The summed E-state index contributed by atoms with van der Waals surface area (Å²) < 4.78 is 8.73. The number of rotatable bonds is 6. The van der Waals surface area contributed by atoms with Crippen molar-refractivity contribution in [3.05, 3.63) is 261 Å². The molecule has 334 valence electrons. The maximum atomic E-state index is 6.34. The van der Waals surface area contributed by atoms with E-state index in [1.54, 1.807) is 0 Å². The summed E-state index contributed by atoms with van der Waals surface area (Å²) in [6.07, 6.45) is 0. The van der Waals surface area contributed by atoms with E-state index in [-0.39, 0.29) is 0 Å². The molecule has 0 spiro atoms. The SMILES string of the molecule is c1ccc(-n2c3ccccc3c3cc(-c4cccc(-c5ccc6oc7ccccc7c6c5)c4-c4ccc(-c5c6ccccc6c(-c6cc7ccccc7c7ccccc67)c6ccccc56)cc4)ccc32)cc1. The average molecular weight is 914 g/mol. The first kappa shape index (κ1) is 40.4. The zero-order valence-electron chi connectivity index (χ0n) is 39.2. The monoisotopic (exact) mass is 913 g/mol. The minimum atomic E-state index is 0.890. The molecule has 0 radical (unpaired) electrons. The molecule has 0 unspecified atom stereocenters. The van der Waals surface area contributed by atoms with Gasteiger partial charge < -0.3 is 8.98 Å². The third-order valence-corrected chi connectivity index (χ3v) is 15.2. The van der Waals surface area contributed by atoms with Gasteiger partial charge in [-0.15, -0.1) is 0 Å². The number of hydrogen-bond donors (Lipinski definition) is 0. The number of aromatic nitrogens is 1. The predicted molar refractivity (Wildman–Crippen MR) is 305 cm³/mol. The number of para-hydroxylation sites is 3. The Labute approximate surface area is 415 Å². The van der Waals surface area contributed by atoms with Crippen molar-refractivity contribution in [3.8, 4) is 61.3 Å². The fraction of sp³-hybridized carbons (Fsp3) is 0. The molecule has 0 aliphatic heterocycles. The van der Waals surface area contributed by atoms with Crippen molar-refractivity contribution in [2.45, 2.75) is 0 Å². The maximum Gasteiger partial charge on any atom is 0.135 e. The molecule has 0 aliphatic rings. The van der Waals surface area contributed by atoms with Crippen LogP contribution in [0.3, 0.4) is 0 Å². The molecule has 15 aromatic rings. The van der Waals surface area contributed by atoms with Gasteiger partial charge in [0, 0.05) is 27.2 Å². The summed E-state index contributed by atoms with van der Waals surface area (Å²) in [5, 5.41) is 14.7. The smallest absolute Gasteiger partial charge is 0.135 e. The summed E-state index contributed by atoms with van der Waals surface area (Å²) in [5.41, 5.74) is 17.3. The number of benzene rings is 13. The highest BCUT2D eigenvalue weighted by molar-refractivity contribution is 6.26. The van der Waals surface area contributed by atoms with Crippen molar-refractivity contribution in [1.82, 2.24) is 4.57 Å². The Morgan fingerprint density at radius 1 is 0.236 bits per heavy atom. The fourth-order valence-corrected chi connectivity index (χ4v) is 12.0. The van der Waals surface area contributed by atoms with E-state index in [1.807, 2.05) is 6.07 Å². The zero-order valence-corrected chi connectivity index (χ0v) is 39.2. The number of furan rings is 1. The lowest BCUT2D eigenvalue weighted by Gasteiger charge is -2.20. The number of fused-ring (bicyclic) bond motifs is 11. The topological polar surface area (TPSA) is 18.1 Å². The molecule has 72 heavy (non-hydrogen) atoms. The molecule has 15 rings (SSSR count). The van der Waals surface area contributed by atoms with Gasteiger partial charge in [0.1, 0.15) is 11.2 Å². The van der Waals surface area contributed by atoms with Crippen LogP contribution in [0.4, 0.5) is 0 Å². The highest BCUT2D eigenvalue weighted by Gasteiger charge is 2.22. The van der Waals surface area contributed by atoms with Crippen LogP contribution in [0.25, 0.3) is 148 Å². The minimum absolute atomic E-state index is 0.890. The van der Waals surface area contributed by atoms with Crippen LogP contribution < -0.4 is 0 Å². The standard InChI is InChI=1S/C70H43NO/c1-2-18-49(19-3-1)71-64-31-14-12-23-55(64)61-41-47(37-39-65(61)71)51-29-16-30-52(48-38-40-67-62(42-48)56-24-13-15-32-66(56)72-67)68(51)44-33-35-45(36-34-44)69-57-25-8-10-27-59(57)70(60-28-11-9-26-58(60)69)63-43-46-17-4-5-20-50(46)53-21-6-7-22-54(53)63/h1-43H. The van der Waals surface area contributed by atoms with Crippen molar-refractivity contribution in [2.75, 3.05) is 0 Å². The lowest BCUT2D eigenvalue weighted by molar-refractivity contribution is 0.669. The molecule has 0 bridgehead atoms. The second-order valence-electron chi connectivity index (χ2n) is 19.1. The number of nitrogens with zero attached hydrogens (tertiary/aromatic N) is 1. The Balaban J connectivity index is 0.945. The predicted octanol–water partition coefficient (Wildman–Crippen LogP) is 19.6. The summed E-state index contributed by atoms with van der Waals surface area (Å²) in [4.78, 5) is 0. The minimum Gasteiger partial charge on any atom is -0.456 e. The van der Waals surface area contributed by atoms with E-state index in [0.29, 0.717) is 0 Å². The van der Waals surface area contributed by atoms with Gasteiger partial charge in [0.2, 0.25) is 0 Å². The molecular formula is C70H43NO. The van der Waals surface area contributed by atoms with Crippen LogP contribution in [-0.2, 0) is 0 Å². The fourth-order valence-electron chi connectivity index (χ4n) is 12.0. The molecule has 2 heteroatoms. The van der Waals surface area contributed by atoms with Gasteiger partial charge in [-0.1, -0.05) is 206 Å². The lowest BCUT2D eigenvalue weighted by atomic mass is 9.83. The normalized spacial score (nSPS) is 11.9. The van der Waals surface area contributed by atoms with E-state index in [9.17, 15) is 0 Å². The molecule has 0 N–H and O–H groups in total. The molecule has 2 aromatic heterocycles. The van der Waals surface area contributed by atoms with E-state index in [2.05, 4.69) is 259 Å². The second kappa shape index (κ2) is 16.0. The zero-order chi connectivity index (χ0) is 47.3. The Morgan fingerprint density at radius 2 is 0.722 bits per heavy atom. The van der Waals surface area contributed by atoms with Crippen molar-refractivity contribution in [2.24, 2.45) is 0 Å². The quantitative estimate of drug-likeness (QED) is 0.120. The van der Waals surface area contributed by atoms with Gasteiger partial charge >= 0.3 is 0 Å². The summed E-state index contributed by atoms with van der Waals surface area (Å²) in [5.74, 6) is 0. The van der Waals surface area contributed by atoms with Crippen molar-refractivity contribution in [1.29, 1.82) is 0 Å². The third-order valence-electron chi connectivity index (χ3n) is 15.2. The summed E-state index contributed by atoms with van der Waals surface area (Å²) in [7, 11) is 0. The van der Waals surface area contributed by atoms with Crippen molar-refractivity contribution >= 4 is 86.8 Å². The van der Waals surface area contributed by atoms with Crippen molar-refractivity contribution < 1.29 is 4.42 Å². The molecular weight excluding hydrogens is 871 g/mol. The van der Waals surface area contributed by atoms with Crippen LogP contribution in [0.15, 0.2) is 265 Å². The van der Waals surface area contributed by atoms with E-state index >= 15 is 0 Å². The van der Waals surface area contributed by atoms with Crippen LogP contribution in [-0.4, -0.2) is 4.57 Å². The molecule has 0 aliphatic carbocycles. The van der Waals surface area contributed by atoms with Gasteiger partial charge in [0.15, 0.2) is 0 Å². The highest BCUT2D eigenvalue weighted by Crippen LogP contribution is 2.48. The third kappa shape index (κ3) is 6.16. The molecule has 0 atom stereocenters. The summed E-state index contributed by atoms with van der Waals surface area (Å²) in [6.45, 7) is 0. The average Bonchev–Trinajstić information content (AvgIpc) is 3.99. The maximum absolute atomic E-state index is 6.34. The van der Waals surface area contributed by atoms with E-state index in [1.165, 1.54) is 109 Å². The van der Waals surface area contributed by atoms with Crippen LogP contribution in [0, 0.1) is 0 Å². The van der Waals surface area contributed by atoms with Gasteiger partial charge in [-0.3, -0.25) is 0 Å². The van der Waals surface area contributed by atoms with E-state index in [0.717, 1.165) is 38.8 Å². The molecule has 2 heterocycles. The first-order chi connectivity index (χ1) is 35.7. The van der Waals surface area contributed by atoms with Crippen LogP contribution >= 0.6 is 0 Å². The Bertz CT molecular complexity index is 4610. The first-order valence-electron chi connectivity index (χ1n) is 24.8. The Hall–Kier alpha value is -9.50. The summed E-state index contributed by atoms with van der Waals surface area (Å²) in [6, 6.07) is 95.8. The first-order valence-corrected chi connectivity index (χ1v) is 24.8. The molecule has 0 amide bonds. The van der Waals surface area contributed by atoms with Gasteiger partial charge in [-0.2, -0.15) is 0 Å². The Morgan fingerprint density at radius 3 is 1.43 bits per heavy atom. The van der Waals surface area contributed by atoms with Crippen LogP contribution in [0.1, 0.15) is 0 Å². The second-order valence-corrected chi connectivity index (χ2v) is 19.1. The molecule has 0 saturated heterocycles. The molecule has 2 nitrogen and oxygen atoms in total. The molecule has 13 aromatic carbocycles. The Kier molecular flexibility index (Phi) is 8.99. The van der Waals surface area contributed by atoms with Crippen LogP contribution in [0.5, 0.6) is 0 Å². The lowest BCUT2D eigenvalue weighted by Crippen LogP contribution is -1.94. The van der Waals surface area contributed by atoms with Gasteiger partial charge in [-0.25, -0.2) is 0 Å². The largest absolute Gasteiger partial charge is 0.456 e. The molecule has 0 saturated carbocycles. The van der Waals surface area contributed by atoms with Gasteiger partial charge in [-0.05, 0) is 153 Å². The number of hydrogen-bond acceptors (Lipinski definition) is 1. The van der Waals surface area contributed by atoms with Gasteiger partial charge in [0.25, 0.3) is 0 Å². The van der Waals surface area contributed by atoms with Crippen LogP contribution in [0.2, 0.25) is 0 Å². The molecule has 0 fully saturated rings. The van der Waals surface area contributed by atoms with E-state index in [4.69, 9.17) is 4.42 Å². The van der Waals surface area contributed by atoms with Gasteiger partial charge in [0.05, 0.1) is 11.0 Å². The van der Waals surface area contributed by atoms with E-state index < -0.39 is 0 Å².